The first kappa shape index (κ1) is 15.7. The van der Waals surface area contributed by atoms with Crippen LogP contribution in [0.4, 0.5) is 0 Å². The van der Waals surface area contributed by atoms with E-state index in [-0.39, 0.29) is 49.0 Å². The maximum absolute atomic E-state index is 8.52. The summed E-state index contributed by atoms with van der Waals surface area (Å²) in [5.74, 6) is 0. The van der Waals surface area contributed by atoms with Gasteiger partial charge in [0.25, 0.3) is 0 Å². The van der Waals surface area contributed by atoms with Gasteiger partial charge in [-0.3, -0.25) is 0 Å². The first-order valence-electron chi connectivity index (χ1n) is 0.612. The summed E-state index contributed by atoms with van der Waals surface area (Å²) in [6.07, 6.45) is 0. The third-order valence-corrected chi connectivity index (χ3v) is 0. The molecule has 6 heavy (non-hydrogen) atoms. The second-order valence-corrected chi connectivity index (χ2v) is 0.750. The Morgan fingerprint density at radius 2 is 1.33 bits per heavy atom. The zero-order chi connectivity index (χ0) is 3.58. The molecule has 0 rings (SSSR count). The average Bonchev–Trinajstić information content (AvgIpc) is 0.811. The fourth-order valence-electron chi connectivity index (χ4n) is 0. The molecule has 3 nitrogen and oxygen atoms in total. The van der Waals surface area contributed by atoms with Gasteiger partial charge in [-0.2, -0.15) is 0 Å². The zero-order valence-electron chi connectivity index (χ0n) is 2.72. The van der Waals surface area contributed by atoms with Gasteiger partial charge >= 0.3 is 21.7 Å². The van der Waals surface area contributed by atoms with Gasteiger partial charge < -0.3 is 14.1 Å². The molecule has 0 spiro atoms. The van der Waals surface area contributed by atoms with E-state index in [0.29, 0.717) is 0 Å². The monoisotopic (exact) mass is 332 g/mol. The molecule has 0 aromatic carbocycles. The number of hydrogen-bond donors (Lipinski definition) is 0. The Bertz CT molecular complexity index is 33.8. The van der Waals surface area contributed by atoms with Gasteiger partial charge in [0.15, 0.2) is 0 Å². The molecule has 0 unspecified atom stereocenters. The maximum Gasteiger partial charge on any atom is 2.00 e. The minimum Gasteiger partial charge on any atom is -0.672 e. The fraction of sp³-hybridized carbons (Fsp3) is 0. The molecule has 0 atom stereocenters. The van der Waals surface area contributed by atoms with Crippen LogP contribution in [-0.4, -0.2) is 36.5 Å². The Labute approximate surface area is 71.7 Å². The van der Waals surface area contributed by atoms with Crippen molar-refractivity contribution in [3.8, 4) is 0 Å². The third-order valence-electron chi connectivity index (χ3n) is 0. The summed E-state index contributed by atoms with van der Waals surface area (Å²) >= 11 is 0. The fourth-order valence-corrected chi connectivity index (χ4v) is 0. The number of hydrogen-bond acceptors (Lipinski definition) is 3. The molecule has 4 radical (unpaired) electrons. The van der Waals surface area contributed by atoms with Gasteiger partial charge in [0.2, 0.25) is 0 Å². The molecular formula is O3PbSiTi. The van der Waals surface area contributed by atoms with Crippen LogP contribution < -0.4 is 9.59 Å². The average molecular weight is 331 g/mol. The van der Waals surface area contributed by atoms with Gasteiger partial charge in [0, 0.05) is 36.5 Å². The first-order valence-corrected chi connectivity index (χ1v) is 1.84. The van der Waals surface area contributed by atoms with E-state index < -0.39 is 9.17 Å². The summed E-state index contributed by atoms with van der Waals surface area (Å²) in [7, 11) is -3.63. The molecule has 0 saturated heterocycles. The summed E-state index contributed by atoms with van der Waals surface area (Å²) < 4.78 is 8.52. The quantitative estimate of drug-likeness (QED) is 0.438. The minimum atomic E-state index is -3.63. The van der Waals surface area contributed by atoms with Crippen LogP contribution in [0.5, 0.6) is 0 Å². The summed E-state index contributed by atoms with van der Waals surface area (Å²) in [6.45, 7) is 0. The maximum atomic E-state index is 8.52. The Hall–Kier alpha value is 1.25. The Kier molecular flexibility index (Phi) is 24.9. The van der Waals surface area contributed by atoms with Gasteiger partial charge in [-0.05, 0) is 0 Å². The van der Waals surface area contributed by atoms with Crippen molar-refractivity contribution in [1.29, 1.82) is 0 Å². The Morgan fingerprint density at radius 3 is 1.33 bits per heavy atom. The van der Waals surface area contributed by atoms with Crippen molar-refractivity contribution in [2.45, 2.75) is 0 Å². The van der Waals surface area contributed by atoms with Crippen LogP contribution in [0.2, 0.25) is 0 Å². The normalized spacial score (nSPS) is 4.00. The van der Waals surface area contributed by atoms with Gasteiger partial charge in [-0.25, -0.2) is 0 Å². The molecule has 0 fully saturated rings. The van der Waals surface area contributed by atoms with E-state index in [1.54, 1.807) is 0 Å². The van der Waals surface area contributed by atoms with Crippen LogP contribution >= 0.6 is 0 Å². The van der Waals surface area contributed by atoms with Gasteiger partial charge in [-0.15, -0.1) is 0 Å². The smallest absolute Gasteiger partial charge is 0.672 e. The molecular weight excluding hydrogens is 331 g/mol. The largest absolute Gasteiger partial charge is 2.00 e. The molecule has 6 heteroatoms. The van der Waals surface area contributed by atoms with Crippen molar-refractivity contribution >= 4 is 36.5 Å². The first-order chi connectivity index (χ1) is 1.73. The third kappa shape index (κ3) is 60.5. The predicted octanol–water partition coefficient (Wildman–Crippen LogP) is -3.26. The second-order valence-electron chi connectivity index (χ2n) is 0.250. The molecule has 30 valence electrons. The van der Waals surface area contributed by atoms with Crippen molar-refractivity contribution < 1.29 is 35.8 Å². The molecule has 0 saturated carbocycles. The van der Waals surface area contributed by atoms with Crippen LogP contribution in [0.25, 0.3) is 0 Å². The Morgan fingerprint density at radius 1 is 1.33 bits per heavy atom. The molecule has 0 aliphatic rings. The van der Waals surface area contributed by atoms with Crippen molar-refractivity contribution in [2.75, 3.05) is 0 Å². The van der Waals surface area contributed by atoms with Gasteiger partial charge in [0.05, 0.1) is 0 Å². The van der Waals surface area contributed by atoms with Crippen LogP contribution in [0.15, 0.2) is 0 Å². The SMILES string of the molecule is O=[Si]([O-])[O-].[Pb].[Ti+2]. The number of rotatable bonds is 0. The van der Waals surface area contributed by atoms with Crippen molar-refractivity contribution in [3.05, 3.63) is 0 Å². The van der Waals surface area contributed by atoms with E-state index in [4.69, 9.17) is 14.1 Å². The van der Waals surface area contributed by atoms with E-state index in [9.17, 15) is 0 Å². The summed E-state index contributed by atoms with van der Waals surface area (Å²) in [4.78, 5) is 17.0. The molecule has 0 aromatic rings. The van der Waals surface area contributed by atoms with E-state index in [1.807, 2.05) is 0 Å². The standard InChI is InChI=1S/O3Si.Pb.Ti/c1-4(2)3;;/q-2;;+2. The molecule has 0 aromatic heterocycles. The second kappa shape index (κ2) is 9.54. The Balaban J connectivity index is -0.0000000450. The summed E-state index contributed by atoms with van der Waals surface area (Å²) in [6, 6.07) is 0. The molecule has 0 amide bonds. The minimum absolute atomic E-state index is 0. The van der Waals surface area contributed by atoms with Crippen LogP contribution in [0.1, 0.15) is 0 Å². The molecule has 0 N–H and O–H groups in total. The zero-order valence-corrected chi connectivity index (χ0v) is 9.17. The molecule has 0 bridgehead atoms. The topological polar surface area (TPSA) is 63.2 Å². The van der Waals surface area contributed by atoms with Crippen molar-refractivity contribution in [3.63, 3.8) is 0 Å². The molecule has 0 heterocycles. The van der Waals surface area contributed by atoms with E-state index in [2.05, 4.69) is 0 Å². The predicted molar refractivity (Wildman–Crippen MR) is 12.2 cm³/mol. The molecule has 0 aliphatic carbocycles. The van der Waals surface area contributed by atoms with E-state index in [0.717, 1.165) is 0 Å². The molecule has 0 aliphatic heterocycles. The summed E-state index contributed by atoms with van der Waals surface area (Å²) in [5, 5.41) is 0. The van der Waals surface area contributed by atoms with E-state index >= 15 is 0 Å². The van der Waals surface area contributed by atoms with Gasteiger partial charge in [0.1, 0.15) is 0 Å². The van der Waals surface area contributed by atoms with Crippen LogP contribution in [0.3, 0.4) is 0 Å². The van der Waals surface area contributed by atoms with Crippen molar-refractivity contribution in [1.82, 2.24) is 0 Å². The van der Waals surface area contributed by atoms with Gasteiger partial charge in [-0.1, -0.05) is 0 Å². The van der Waals surface area contributed by atoms with E-state index in [1.165, 1.54) is 0 Å². The van der Waals surface area contributed by atoms with Crippen molar-refractivity contribution in [2.24, 2.45) is 0 Å². The van der Waals surface area contributed by atoms with Crippen LogP contribution in [0, 0.1) is 0 Å². The summed E-state index contributed by atoms with van der Waals surface area (Å²) in [5.41, 5.74) is 0. The van der Waals surface area contributed by atoms with Crippen LogP contribution in [-0.2, 0) is 26.2 Å².